The van der Waals surface area contributed by atoms with Gasteiger partial charge in [0.2, 0.25) is 0 Å². The lowest BCUT2D eigenvalue weighted by atomic mass is 10.2. The van der Waals surface area contributed by atoms with Gasteiger partial charge in [-0.3, -0.25) is 0 Å². The van der Waals surface area contributed by atoms with Crippen molar-refractivity contribution in [3.05, 3.63) is 22.2 Å². The number of hydrogen-bond donors (Lipinski definition) is 1. The summed E-state index contributed by atoms with van der Waals surface area (Å²) in [6.45, 7) is 3.45. The van der Waals surface area contributed by atoms with Crippen molar-refractivity contribution < 1.29 is 18.3 Å². The predicted octanol–water partition coefficient (Wildman–Crippen LogP) is 1.93. The van der Waals surface area contributed by atoms with E-state index < -0.39 is 15.4 Å². The summed E-state index contributed by atoms with van der Waals surface area (Å²) in [4.78, 5) is 0.159. The van der Waals surface area contributed by atoms with Gasteiger partial charge in [0, 0.05) is 10.9 Å². The van der Waals surface area contributed by atoms with Gasteiger partial charge in [-0.05, 0) is 31.5 Å². The molecule has 0 bridgehead atoms. The van der Waals surface area contributed by atoms with E-state index in [1.807, 2.05) is 6.07 Å². The molecule has 0 radical (unpaired) electrons. The van der Waals surface area contributed by atoms with Gasteiger partial charge < -0.3 is 9.84 Å². The second kappa shape index (κ2) is 4.51. The van der Waals surface area contributed by atoms with Crippen molar-refractivity contribution in [2.75, 3.05) is 12.4 Å². The minimum atomic E-state index is -3.57. The third-order valence-corrected chi connectivity index (χ3v) is 5.11. The van der Waals surface area contributed by atoms with Crippen LogP contribution in [-0.4, -0.2) is 31.5 Å². The van der Waals surface area contributed by atoms with Crippen LogP contribution in [0.4, 0.5) is 0 Å². The molecule has 6 heteroatoms. The monoisotopic (exact) mass is 334 g/mol. The van der Waals surface area contributed by atoms with E-state index in [1.165, 1.54) is 19.9 Å². The molecule has 0 fully saturated rings. The highest BCUT2D eigenvalue weighted by Crippen LogP contribution is 2.36. The van der Waals surface area contributed by atoms with E-state index in [1.54, 1.807) is 0 Å². The molecule has 0 atom stereocenters. The number of halogens is 1. The average Bonchev–Trinajstić information content (AvgIpc) is 2.59. The smallest absolute Gasteiger partial charge is 0.184 e. The first kappa shape index (κ1) is 13.8. The van der Waals surface area contributed by atoms with Gasteiger partial charge in [0.1, 0.15) is 10.6 Å². The molecular weight excluding hydrogens is 320 g/mol. The Morgan fingerprint density at radius 1 is 1.44 bits per heavy atom. The summed E-state index contributed by atoms with van der Waals surface area (Å²) >= 11 is 3.31. The molecule has 0 saturated heterocycles. The van der Waals surface area contributed by atoms with E-state index >= 15 is 0 Å². The predicted molar refractivity (Wildman–Crippen MR) is 71.7 cm³/mol. The maximum absolute atomic E-state index is 12.3. The van der Waals surface area contributed by atoms with Gasteiger partial charge >= 0.3 is 0 Å². The number of sulfone groups is 1. The standard InChI is InChI=1S/C12H15BrO4S/c1-12(2,14)7-18(15,16)10-6-9(13)5-8-3-4-17-11(8)10/h5-6,14H,3-4,7H2,1-2H3. The topological polar surface area (TPSA) is 63.6 Å². The number of fused-ring (bicyclic) bond motifs is 1. The zero-order valence-electron chi connectivity index (χ0n) is 10.2. The maximum atomic E-state index is 12.3. The summed E-state index contributed by atoms with van der Waals surface area (Å²) in [5.74, 6) is 0.106. The summed E-state index contributed by atoms with van der Waals surface area (Å²) in [5.41, 5.74) is -0.384. The third-order valence-electron chi connectivity index (χ3n) is 2.59. The first-order valence-corrected chi connectivity index (χ1v) is 8.04. The van der Waals surface area contributed by atoms with Crippen molar-refractivity contribution in [2.45, 2.75) is 30.8 Å². The second-order valence-electron chi connectivity index (χ2n) is 5.06. The molecule has 2 rings (SSSR count). The Kier molecular flexibility index (Phi) is 3.46. The van der Waals surface area contributed by atoms with Crippen molar-refractivity contribution >= 4 is 25.8 Å². The molecule has 0 aromatic heterocycles. The van der Waals surface area contributed by atoms with Crippen molar-refractivity contribution in [3.8, 4) is 5.75 Å². The van der Waals surface area contributed by atoms with Gasteiger partial charge in [-0.15, -0.1) is 0 Å². The first-order chi connectivity index (χ1) is 8.19. The Morgan fingerprint density at radius 2 is 2.11 bits per heavy atom. The molecular formula is C12H15BrO4S. The number of aliphatic hydroxyl groups is 1. The lowest BCUT2D eigenvalue weighted by Gasteiger charge is -2.18. The number of ether oxygens (including phenoxy) is 1. The largest absolute Gasteiger partial charge is 0.492 e. The fraction of sp³-hybridized carbons (Fsp3) is 0.500. The Hall–Kier alpha value is -0.590. The fourth-order valence-electron chi connectivity index (χ4n) is 2.01. The number of hydrogen-bond acceptors (Lipinski definition) is 4. The molecule has 0 spiro atoms. The van der Waals surface area contributed by atoms with Crippen LogP contribution in [0.2, 0.25) is 0 Å². The van der Waals surface area contributed by atoms with Gasteiger partial charge in [0.25, 0.3) is 0 Å². The molecule has 1 aliphatic rings. The van der Waals surface area contributed by atoms with Crippen molar-refractivity contribution in [1.82, 2.24) is 0 Å². The molecule has 4 nitrogen and oxygen atoms in total. The van der Waals surface area contributed by atoms with Crippen molar-refractivity contribution in [2.24, 2.45) is 0 Å². The normalized spacial score (nSPS) is 15.3. The second-order valence-corrected chi connectivity index (χ2v) is 7.94. The summed E-state index contributed by atoms with van der Waals surface area (Å²) < 4.78 is 30.7. The molecule has 1 heterocycles. The van der Waals surface area contributed by atoms with Gasteiger partial charge in [-0.1, -0.05) is 15.9 Å². The Morgan fingerprint density at radius 3 is 2.72 bits per heavy atom. The first-order valence-electron chi connectivity index (χ1n) is 5.59. The van der Waals surface area contributed by atoms with Gasteiger partial charge in [-0.25, -0.2) is 8.42 Å². The molecule has 18 heavy (non-hydrogen) atoms. The molecule has 1 aromatic carbocycles. The SMILES string of the molecule is CC(C)(O)CS(=O)(=O)c1cc(Br)cc2c1OCC2. The van der Waals surface area contributed by atoms with Crippen LogP contribution in [0.25, 0.3) is 0 Å². The Balaban J connectivity index is 2.52. The van der Waals surface area contributed by atoms with Crippen molar-refractivity contribution in [3.63, 3.8) is 0 Å². The zero-order valence-corrected chi connectivity index (χ0v) is 12.6. The van der Waals surface area contributed by atoms with Crippen LogP contribution in [0, 0.1) is 0 Å². The highest BCUT2D eigenvalue weighted by Gasteiger charge is 2.30. The maximum Gasteiger partial charge on any atom is 0.184 e. The quantitative estimate of drug-likeness (QED) is 0.917. The summed E-state index contributed by atoms with van der Waals surface area (Å²) in [6, 6.07) is 3.40. The van der Waals surface area contributed by atoms with Gasteiger partial charge in [0.15, 0.2) is 9.84 Å². The number of benzene rings is 1. The highest BCUT2D eigenvalue weighted by atomic mass is 79.9. The number of rotatable bonds is 3. The van der Waals surface area contributed by atoms with Gasteiger partial charge in [-0.2, -0.15) is 0 Å². The lowest BCUT2D eigenvalue weighted by Crippen LogP contribution is -2.30. The van der Waals surface area contributed by atoms with Gasteiger partial charge in [0.05, 0.1) is 18.0 Å². The molecule has 0 saturated carbocycles. The van der Waals surface area contributed by atoms with Crippen LogP contribution in [0.3, 0.4) is 0 Å². The van der Waals surface area contributed by atoms with Crippen LogP contribution in [0.5, 0.6) is 5.75 Å². The van der Waals surface area contributed by atoms with E-state index in [9.17, 15) is 13.5 Å². The van der Waals surface area contributed by atoms with E-state index in [2.05, 4.69) is 15.9 Å². The van der Waals surface area contributed by atoms with Crippen LogP contribution in [0.15, 0.2) is 21.5 Å². The van der Waals surface area contributed by atoms with Crippen LogP contribution in [0.1, 0.15) is 19.4 Å². The van der Waals surface area contributed by atoms with Crippen LogP contribution < -0.4 is 4.74 Å². The van der Waals surface area contributed by atoms with E-state index in [-0.39, 0.29) is 10.6 Å². The Labute approximate surface area is 115 Å². The highest BCUT2D eigenvalue weighted by molar-refractivity contribution is 9.10. The molecule has 1 N–H and O–H groups in total. The van der Waals surface area contributed by atoms with E-state index in [0.717, 1.165) is 5.56 Å². The van der Waals surface area contributed by atoms with E-state index in [0.29, 0.717) is 23.2 Å². The lowest BCUT2D eigenvalue weighted by molar-refractivity contribution is 0.105. The van der Waals surface area contributed by atoms with Crippen LogP contribution in [-0.2, 0) is 16.3 Å². The molecule has 0 amide bonds. The summed E-state index contributed by atoms with van der Waals surface area (Å²) in [7, 11) is -3.57. The average molecular weight is 335 g/mol. The van der Waals surface area contributed by atoms with E-state index in [4.69, 9.17) is 4.74 Å². The zero-order chi connectivity index (χ0) is 13.6. The third kappa shape index (κ3) is 2.87. The minimum Gasteiger partial charge on any atom is -0.492 e. The molecule has 0 unspecified atom stereocenters. The molecule has 0 aliphatic carbocycles. The molecule has 1 aromatic rings. The fourth-order valence-corrected chi connectivity index (χ4v) is 4.53. The van der Waals surface area contributed by atoms with Crippen LogP contribution >= 0.6 is 15.9 Å². The summed E-state index contributed by atoms with van der Waals surface area (Å²) in [5, 5.41) is 9.70. The summed E-state index contributed by atoms with van der Waals surface area (Å²) in [6.07, 6.45) is 0.708. The minimum absolute atomic E-state index is 0.159. The molecule has 1 aliphatic heterocycles. The Bertz CT molecular complexity index is 572. The molecule has 100 valence electrons. The van der Waals surface area contributed by atoms with Crippen molar-refractivity contribution in [1.29, 1.82) is 0 Å².